The van der Waals surface area contributed by atoms with Crippen LogP contribution in [0, 0.1) is 5.92 Å². The number of likely N-dealkylation sites (tertiary alicyclic amines) is 1. The minimum atomic E-state index is -1.23. The molecule has 5 amide bonds. The molecule has 1 aliphatic rings. The maximum Gasteiger partial charge on any atom is 0.302 e. The Morgan fingerprint density at radius 2 is 1.81 bits per heavy atom. The number of benzene rings is 1. The van der Waals surface area contributed by atoms with E-state index in [1.54, 1.807) is 31.2 Å². The number of ether oxygens (including phenoxy) is 1. The number of nitrogens with one attached hydrogen (secondary N) is 4. The van der Waals surface area contributed by atoms with Crippen LogP contribution >= 0.6 is 0 Å². The summed E-state index contributed by atoms with van der Waals surface area (Å²) in [6, 6.07) is 4.40. The number of amides is 5. The monoisotopic (exact) mass is 517 g/mol. The normalized spacial score (nSPS) is 16.5. The number of hydrogen-bond acceptors (Lipinski definition) is 9. The van der Waals surface area contributed by atoms with Crippen LogP contribution in [0.5, 0.6) is 0 Å². The lowest BCUT2D eigenvalue weighted by atomic mass is 10.1. The Hall–Kier alpha value is -4.13. The van der Waals surface area contributed by atoms with Crippen LogP contribution in [0.2, 0.25) is 0 Å². The maximum atomic E-state index is 12.7. The van der Waals surface area contributed by atoms with Crippen molar-refractivity contribution >= 4 is 47.5 Å². The van der Waals surface area contributed by atoms with E-state index in [0.717, 1.165) is 10.5 Å². The predicted octanol–water partition coefficient (Wildman–Crippen LogP) is -1.14. The molecule has 0 radical (unpaired) electrons. The molecule has 3 unspecified atom stereocenters. The number of carbonyl (C=O) groups is 7. The van der Waals surface area contributed by atoms with Crippen molar-refractivity contribution in [1.29, 1.82) is 0 Å². The van der Waals surface area contributed by atoms with Gasteiger partial charge in [0.05, 0.1) is 13.1 Å². The number of aldehydes is 1. The Kier molecular flexibility index (Phi) is 10.9. The highest BCUT2D eigenvalue weighted by Crippen LogP contribution is 2.21. The molecule has 3 atom stereocenters. The molecular weight excluding hydrogens is 486 g/mol. The van der Waals surface area contributed by atoms with E-state index in [1.807, 2.05) is 0 Å². The predicted molar refractivity (Wildman–Crippen MR) is 130 cm³/mol. The molecule has 1 fully saturated rings. The molecule has 13 nitrogen and oxygen atoms in total. The largest absolute Gasteiger partial charge is 0.461 e. The summed E-state index contributed by atoms with van der Waals surface area (Å²) in [6.45, 7) is 3.69. The van der Waals surface area contributed by atoms with Crippen LogP contribution in [0.4, 0.5) is 5.69 Å². The van der Waals surface area contributed by atoms with Gasteiger partial charge in [0, 0.05) is 31.5 Å². The minimum absolute atomic E-state index is 0.0294. The highest BCUT2D eigenvalue weighted by atomic mass is 16.5. The van der Waals surface area contributed by atoms with Crippen LogP contribution in [0.1, 0.15) is 32.8 Å². The number of hydrogen-bond donors (Lipinski definition) is 4. The highest BCUT2D eigenvalue weighted by molar-refractivity contribution is 6.07. The molecule has 1 aromatic carbocycles. The van der Waals surface area contributed by atoms with Crippen molar-refractivity contribution in [2.24, 2.45) is 5.92 Å². The molecule has 1 aromatic rings. The van der Waals surface area contributed by atoms with Crippen molar-refractivity contribution in [2.75, 3.05) is 25.0 Å². The van der Waals surface area contributed by atoms with E-state index in [9.17, 15) is 33.6 Å². The summed E-state index contributed by atoms with van der Waals surface area (Å²) < 4.78 is 4.90. The first kappa shape index (κ1) is 29.1. The van der Waals surface area contributed by atoms with Crippen molar-refractivity contribution in [3.8, 4) is 0 Å². The average Bonchev–Trinajstić information content (AvgIpc) is 3.10. The van der Waals surface area contributed by atoms with E-state index in [4.69, 9.17) is 4.74 Å². The third-order valence-corrected chi connectivity index (χ3v) is 5.45. The average molecular weight is 518 g/mol. The fraction of sp³-hybridized carbons (Fsp3) is 0.458. The summed E-state index contributed by atoms with van der Waals surface area (Å²) in [6.07, 6.45) is 0.542. The van der Waals surface area contributed by atoms with Gasteiger partial charge in [-0.05, 0) is 24.6 Å². The van der Waals surface area contributed by atoms with Gasteiger partial charge in [-0.15, -0.1) is 0 Å². The molecule has 200 valence electrons. The molecule has 0 spiro atoms. The summed E-state index contributed by atoms with van der Waals surface area (Å²) in [4.78, 5) is 84.4. The summed E-state index contributed by atoms with van der Waals surface area (Å²) in [7, 11) is 0. The summed E-state index contributed by atoms with van der Waals surface area (Å²) in [5, 5.41) is 10.1. The first-order valence-corrected chi connectivity index (χ1v) is 11.6. The van der Waals surface area contributed by atoms with Gasteiger partial charge in [-0.25, -0.2) is 0 Å². The fourth-order valence-corrected chi connectivity index (χ4v) is 3.48. The summed E-state index contributed by atoms with van der Waals surface area (Å²) in [5.41, 5.74) is 1.20. The molecule has 4 N–H and O–H groups in total. The van der Waals surface area contributed by atoms with Gasteiger partial charge in [-0.2, -0.15) is 0 Å². The Morgan fingerprint density at radius 3 is 2.38 bits per heavy atom. The van der Waals surface area contributed by atoms with Crippen molar-refractivity contribution in [3.63, 3.8) is 0 Å². The first-order valence-electron chi connectivity index (χ1n) is 11.6. The molecule has 1 aliphatic heterocycles. The van der Waals surface area contributed by atoms with E-state index in [-0.39, 0.29) is 26.1 Å². The van der Waals surface area contributed by atoms with Gasteiger partial charge in [-0.3, -0.25) is 33.7 Å². The van der Waals surface area contributed by atoms with Crippen molar-refractivity contribution in [2.45, 2.75) is 45.9 Å². The minimum Gasteiger partial charge on any atom is -0.461 e. The number of imide groups is 1. The lowest BCUT2D eigenvalue weighted by molar-refractivity contribution is -0.147. The number of rotatable bonds is 13. The molecule has 37 heavy (non-hydrogen) atoms. The molecule has 1 saturated heterocycles. The Bertz CT molecular complexity index is 1040. The number of carbonyl (C=O) groups excluding carboxylic acids is 7. The maximum absolute atomic E-state index is 12.7. The van der Waals surface area contributed by atoms with Gasteiger partial charge < -0.3 is 30.8 Å². The number of nitrogens with zero attached hydrogens (tertiary/aromatic N) is 1. The van der Waals surface area contributed by atoms with Gasteiger partial charge >= 0.3 is 5.97 Å². The van der Waals surface area contributed by atoms with Crippen LogP contribution in [-0.4, -0.2) is 78.4 Å². The second kappa shape index (κ2) is 13.8. The third-order valence-electron chi connectivity index (χ3n) is 5.45. The van der Waals surface area contributed by atoms with Crippen LogP contribution in [0.25, 0.3) is 0 Å². The quantitative estimate of drug-likeness (QED) is 0.109. The topological polar surface area (TPSA) is 180 Å². The number of esters is 1. The lowest BCUT2D eigenvalue weighted by Crippen LogP contribution is -2.56. The van der Waals surface area contributed by atoms with Crippen molar-refractivity contribution in [1.82, 2.24) is 20.9 Å². The van der Waals surface area contributed by atoms with Gasteiger partial charge in [0.25, 0.3) is 0 Å². The Morgan fingerprint density at radius 1 is 1.14 bits per heavy atom. The Labute approximate surface area is 213 Å². The zero-order chi connectivity index (χ0) is 27.5. The van der Waals surface area contributed by atoms with Crippen molar-refractivity contribution in [3.05, 3.63) is 29.8 Å². The molecule has 2 rings (SSSR count). The van der Waals surface area contributed by atoms with E-state index >= 15 is 0 Å². The SMILES string of the molecule is CC(=O)OCc1ccc(NC(=O)C(C)NC(=O)CNC(=O)C(CNCC=O)N2C(=O)CC(C)C2=O)cc1. The van der Waals surface area contributed by atoms with E-state index < -0.39 is 60.1 Å². The van der Waals surface area contributed by atoms with Crippen molar-refractivity contribution < 1.29 is 38.3 Å². The first-order chi connectivity index (χ1) is 17.5. The van der Waals surface area contributed by atoms with Gasteiger partial charge in [0.1, 0.15) is 25.0 Å². The van der Waals surface area contributed by atoms with Crippen LogP contribution < -0.4 is 21.3 Å². The third kappa shape index (κ3) is 8.79. The highest BCUT2D eigenvalue weighted by Gasteiger charge is 2.42. The molecule has 0 bridgehead atoms. The summed E-state index contributed by atoms with van der Waals surface area (Å²) >= 11 is 0. The standard InChI is InChI=1S/C24H31N5O8/c1-14-10-21(33)29(24(14)36)19(11-25-8-9-30)23(35)26-12-20(32)27-15(2)22(34)28-18-6-4-17(5-7-18)13-37-16(3)31/h4-7,9,14-15,19,25H,8,10-13H2,1-3H3,(H,26,35)(H,27,32)(H,28,34). The Balaban J connectivity index is 1.87. The lowest BCUT2D eigenvalue weighted by Gasteiger charge is -2.25. The van der Waals surface area contributed by atoms with Crippen LogP contribution in [0.15, 0.2) is 24.3 Å². The zero-order valence-corrected chi connectivity index (χ0v) is 20.9. The van der Waals surface area contributed by atoms with E-state index in [2.05, 4.69) is 21.3 Å². The van der Waals surface area contributed by atoms with E-state index in [1.165, 1.54) is 13.8 Å². The molecule has 0 saturated carbocycles. The second-order valence-electron chi connectivity index (χ2n) is 8.52. The molecule has 0 aliphatic carbocycles. The van der Waals surface area contributed by atoms with E-state index in [0.29, 0.717) is 12.0 Å². The number of anilines is 1. The second-order valence-corrected chi connectivity index (χ2v) is 8.52. The van der Waals surface area contributed by atoms with Crippen LogP contribution in [0.3, 0.4) is 0 Å². The smallest absolute Gasteiger partial charge is 0.302 e. The molecular formula is C24H31N5O8. The molecule has 1 heterocycles. The summed E-state index contributed by atoms with van der Waals surface area (Å²) in [5.74, 6) is -3.93. The van der Waals surface area contributed by atoms with Gasteiger partial charge in [0.15, 0.2) is 0 Å². The van der Waals surface area contributed by atoms with Crippen LogP contribution in [-0.2, 0) is 44.9 Å². The van der Waals surface area contributed by atoms with Gasteiger partial charge in [-0.1, -0.05) is 19.1 Å². The zero-order valence-electron chi connectivity index (χ0n) is 20.9. The molecule has 13 heteroatoms. The fourth-order valence-electron chi connectivity index (χ4n) is 3.48. The van der Waals surface area contributed by atoms with Gasteiger partial charge in [0.2, 0.25) is 29.5 Å². The molecule has 0 aromatic heterocycles.